The Morgan fingerprint density at radius 3 is 2.59 bits per heavy atom. The molecule has 3 rings (SSSR count). The van der Waals surface area contributed by atoms with E-state index in [1.54, 1.807) is 26.0 Å². The number of sulfonamides is 1. The molecule has 0 saturated heterocycles. The number of anilines is 1. The number of esters is 1. The summed E-state index contributed by atoms with van der Waals surface area (Å²) in [5.74, 6) is -1.05. The van der Waals surface area contributed by atoms with E-state index in [0.717, 1.165) is 5.39 Å². The number of fused-ring (bicyclic) bond motifs is 1. The van der Waals surface area contributed by atoms with Gasteiger partial charge in [0.2, 0.25) is 15.8 Å². The second-order valence-electron chi connectivity index (χ2n) is 6.55. The average Bonchev–Trinajstić information content (AvgIpc) is 3.02. The zero-order chi connectivity index (χ0) is 21.0. The van der Waals surface area contributed by atoms with E-state index in [1.807, 2.05) is 12.1 Å². The fourth-order valence-electron chi connectivity index (χ4n) is 2.93. The van der Waals surface area contributed by atoms with Gasteiger partial charge in [-0.2, -0.15) is 0 Å². The molecule has 8 heteroatoms. The minimum Gasteiger partial charge on any atom is -0.454 e. The van der Waals surface area contributed by atoms with E-state index in [2.05, 4.69) is 4.72 Å². The first-order valence-corrected chi connectivity index (χ1v) is 10.7. The molecule has 1 heterocycles. The summed E-state index contributed by atoms with van der Waals surface area (Å²) in [6.07, 6.45) is 0.473. The number of furan rings is 1. The third-order valence-electron chi connectivity index (χ3n) is 4.28. The molecule has 152 valence electrons. The van der Waals surface area contributed by atoms with Gasteiger partial charge in [0.1, 0.15) is 5.58 Å². The summed E-state index contributed by atoms with van der Waals surface area (Å²) in [4.78, 5) is 24.7. The number of nitrogens with one attached hydrogen (secondary N) is 1. The smallest absolute Gasteiger partial charge is 0.338 e. The Labute approximate surface area is 168 Å². The maximum absolute atomic E-state index is 12.4. The Morgan fingerprint density at radius 1 is 1.10 bits per heavy atom. The second kappa shape index (κ2) is 8.48. The number of ether oxygens (including phenoxy) is 1. The Balaban J connectivity index is 1.68. The first-order valence-electron chi connectivity index (χ1n) is 9.09. The van der Waals surface area contributed by atoms with Crippen molar-refractivity contribution in [2.24, 2.45) is 0 Å². The first kappa shape index (κ1) is 20.6. The van der Waals surface area contributed by atoms with Crippen molar-refractivity contribution in [1.82, 2.24) is 0 Å². The molecule has 0 atom stereocenters. The number of para-hydroxylation sites is 1. The maximum atomic E-state index is 12.4. The standard InChI is InChI=1S/C21H21NO6S/c1-3-11-29(25,26)22-16-8-6-7-15(12-16)21(24)27-13-18(23)20-14(2)17-9-4-5-10-19(17)28-20/h4-10,12,22H,3,11,13H2,1-2H3. The molecule has 0 radical (unpaired) electrons. The van der Waals surface area contributed by atoms with Gasteiger partial charge in [0.25, 0.3) is 0 Å². The zero-order valence-corrected chi connectivity index (χ0v) is 16.9. The Morgan fingerprint density at radius 2 is 1.86 bits per heavy atom. The fourth-order valence-corrected chi connectivity index (χ4v) is 4.05. The molecule has 0 fully saturated rings. The predicted molar refractivity (Wildman–Crippen MR) is 110 cm³/mol. The summed E-state index contributed by atoms with van der Waals surface area (Å²) in [5.41, 5.74) is 1.67. The minimum absolute atomic E-state index is 0.0208. The van der Waals surface area contributed by atoms with Crippen LogP contribution in [0.1, 0.15) is 39.8 Å². The van der Waals surface area contributed by atoms with Gasteiger partial charge in [-0.15, -0.1) is 0 Å². The lowest BCUT2D eigenvalue weighted by Crippen LogP contribution is -2.17. The van der Waals surface area contributed by atoms with Gasteiger partial charge in [0.15, 0.2) is 12.4 Å². The molecular formula is C21H21NO6S. The molecule has 7 nitrogen and oxygen atoms in total. The highest BCUT2D eigenvalue weighted by atomic mass is 32.2. The van der Waals surface area contributed by atoms with Crippen molar-refractivity contribution in [3.63, 3.8) is 0 Å². The summed E-state index contributed by atoms with van der Waals surface area (Å²) < 4.78 is 36.8. The van der Waals surface area contributed by atoms with Crippen LogP contribution in [0.15, 0.2) is 52.9 Å². The molecule has 0 aliphatic carbocycles. The quantitative estimate of drug-likeness (QED) is 0.442. The molecule has 0 aliphatic rings. The number of hydrogen-bond acceptors (Lipinski definition) is 6. The number of benzene rings is 2. The van der Waals surface area contributed by atoms with Crippen LogP contribution in [-0.2, 0) is 14.8 Å². The lowest BCUT2D eigenvalue weighted by molar-refractivity contribution is 0.0468. The van der Waals surface area contributed by atoms with Crippen molar-refractivity contribution in [3.8, 4) is 0 Å². The van der Waals surface area contributed by atoms with Gasteiger partial charge in [-0.25, -0.2) is 13.2 Å². The van der Waals surface area contributed by atoms with Crippen LogP contribution in [0.25, 0.3) is 11.0 Å². The topological polar surface area (TPSA) is 103 Å². The normalized spacial score (nSPS) is 11.4. The molecule has 1 N–H and O–H groups in total. The van der Waals surface area contributed by atoms with Crippen LogP contribution in [-0.4, -0.2) is 32.5 Å². The van der Waals surface area contributed by atoms with Crippen LogP contribution in [0.5, 0.6) is 0 Å². The molecule has 0 amide bonds. The van der Waals surface area contributed by atoms with E-state index < -0.39 is 28.4 Å². The SMILES string of the molecule is CCCS(=O)(=O)Nc1cccc(C(=O)OCC(=O)c2oc3ccccc3c2C)c1. The summed E-state index contributed by atoms with van der Waals surface area (Å²) in [6, 6.07) is 13.2. The summed E-state index contributed by atoms with van der Waals surface area (Å²) in [5, 5.41) is 0.828. The van der Waals surface area contributed by atoms with Gasteiger partial charge >= 0.3 is 5.97 Å². The number of aryl methyl sites for hydroxylation is 1. The minimum atomic E-state index is -3.48. The summed E-state index contributed by atoms with van der Waals surface area (Å²) >= 11 is 0. The van der Waals surface area contributed by atoms with Gasteiger partial charge < -0.3 is 9.15 Å². The Bertz CT molecular complexity index is 1160. The van der Waals surface area contributed by atoms with Gasteiger partial charge in [-0.3, -0.25) is 9.52 Å². The molecule has 0 saturated carbocycles. The van der Waals surface area contributed by atoms with Gasteiger partial charge in [-0.1, -0.05) is 31.2 Å². The predicted octanol–water partition coefficient (Wildman–Crippen LogP) is 3.93. The van der Waals surface area contributed by atoms with Crippen molar-refractivity contribution in [2.45, 2.75) is 20.3 Å². The van der Waals surface area contributed by atoms with Gasteiger partial charge in [-0.05, 0) is 37.6 Å². The van der Waals surface area contributed by atoms with Crippen molar-refractivity contribution in [2.75, 3.05) is 17.1 Å². The number of Topliss-reactive ketones (excluding diaryl/α,β-unsaturated/α-hetero) is 1. The largest absolute Gasteiger partial charge is 0.454 e. The number of carbonyl (C=O) groups excluding carboxylic acids is 2. The molecule has 0 aliphatic heterocycles. The van der Waals surface area contributed by atoms with Gasteiger partial charge in [0, 0.05) is 16.6 Å². The fraction of sp³-hybridized carbons (Fsp3) is 0.238. The molecule has 0 bridgehead atoms. The Kier molecular flexibility index (Phi) is 6.03. The third kappa shape index (κ3) is 4.83. The number of ketones is 1. The Hall–Kier alpha value is -3.13. The van der Waals surface area contributed by atoms with Crippen molar-refractivity contribution in [3.05, 3.63) is 65.4 Å². The highest BCUT2D eigenvalue weighted by Crippen LogP contribution is 2.25. The van der Waals surface area contributed by atoms with Crippen LogP contribution in [0, 0.1) is 6.92 Å². The first-order chi connectivity index (χ1) is 13.8. The zero-order valence-electron chi connectivity index (χ0n) is 16.1. The summed E-state index contributed by atoms with van der Waals surface area (Å²) in [6.45, 7) is 3.05. The average molecular weight is 415 g/mol. The lowest BCUT2D eigenvalue weighted by atomic mass is 10.1. The molecule has 1 aromatic heterocycles. The van der Waals surface area contributed by atoms with Crippen LogP contribution >= 0.6 is 0 Å². The molecular weight excluding hydrogens is 394 g/mol. The van der Waals surface area contributed by atoms with E-state index in [0.29, 0.717) is 17.6 Å². The second-order valence-corrected chi connectivity index (χ2v) is 8.40. The van der Waals surface area contributed by atoms with Gasteiger partial charge in [0.05, 0.1) is 11.3 Å². The van der Waals surface area contributed by atoms with E-state index in [1.165, 1.54) is 24.3 Å². The van der Waals surface area contributed by atoms with E-state index >= 15 is 0 Å². The lowest BCUT2D eigenvalue weighted by Gasteiger charge is -2.09. The highest BCUT2D eigenvalue weighted by molar-refractivity contribution is 7.92. The monoisotopic (exact) mass is 415 g/mol. The highest BCUT2D eigenvalue weighted by Gasteiger charge is 2.20. The van der Waals surface area contributed by atoms with Crippen LogP contribution < -0.4 is 4.72 Å². The molecule has 2 aromatic carbocycles. The van der Waals surface area contributed by atoms with Crippen LogP contribution in [0.4, 0.5) is 5.69 Å². The van der Waals surface area contributed by atoms with Crippen LogP contribution in [0.2, 0.25) is 0 Å². The van der Waals surface area contributed by atoms with E-state index in [4.69, 9.17) is 9.15 Å². The molecule has 0 spiro atoms. The molecule has 0 unspecified atom stereocenters. The number of hydrogen-bond donors (Lipinski definition) is 1. The number of carbonyl (C=O) groups is 2. The maximum Gasteiger partial charge on any atom is 0.338 e. The molecule has 29 heavy (non-hydrogen) atoms. The molecule has 3 aromatic rings. The third-order valence-corrected chi connectivity index (χ3v) is 5.77. The van der Waals surface area contributed by atoms with Crippen molar-refractivity contribution >= 4 is 38.4 Å². The van der Waals surface area contributed by atoms with E-state index in [9.17, 15) is 18.0 Å². The summed E-state index contributed by atoms with van der Waals surface area (Å²) in [7, 11) is -3.48. The van der Waals surface area contributed by atoms with Crippen molar-refractivity contribution in [1.29, 1.82) is 0 Å². The number of rotatable bonds is 8. The van der Waals surface area contributed by atoms with Crippen molar-refractivity contribution < 1.29 is 27.2 Å². The van der Waals surface area contributed by atoms with E-state index in [-0.39, 0.29) is 22.8 Å². The van der Waals surface area contributed by atoms with Crippen LogP contribution in [0.3, 0.4) is 0 Å².